The summed E-state index contributed by atoms with van der Waals surface area (Å²) in [4.78, 5) is 14.3. The highest BCUT2D eigenvalue weighted by Crippen LogP contribution is 2.02. The van der Waals surface area contributed by atoms with Crippen molar-refractivity contribution in [3.63, 3.8) is 0 Å². The third-order valence-electron chi connectivity index (χ3n) is 1.85. The molecule has 1 heterocycles. The van der Waals surface area contributed by atoms with Crippen molar-refractivity contribution in [2.75, 3.05) is 12.0 Å². The first-order valence-corrected chi connectivity index (χ1v) is 5.95. The molecule has 0 unspecified atom stereocenters. The van der Waals surface area contributed by atoms with Crippen molar-refractivity contribution in [1.29, 1.82) is 5.26 Å². The number of thioether (sulfide) groups is 1. The van der Waals surface area contributed by atoms with Crippen LogP contribution in [-0.4, -0.2) is 28.9 Å². The van der Waals surface area contributed by atoms with Gasteiger partial charge in [-0.25, -0.2) is 0 Å². The molecule has 2 N–H and O–H groups in total. The highest BCUT2D eigenvalue weighted by atomic mass is 32.2. The molecule has 0 aliphatic carbocycles. The minimum Gasteiger partial charge on any atom is -0.347 e. The van der Waals surface area contributed by atoms with E-state index in [2.05, 4.69) is 10.3 Å². The summed E-state index contributed by atoms with van der Waals surface area (Å²) in [6, 6.07) is 5.27. The van der Waals surface area contributed by atoms with E-state index in [0.29, 0.717) is 11.4 Å². The Labute approximate surface area is 93.1 Å². The number of rotatable bonds is 4. The Morgan fingerprint density at radius 2 is 2.47 bits per heavy atom. The molecule has 0 saturated carbocycles. The van der Waals surface area contributed by atoms with Crippen LogP contribution in [0.1, 0.15) is 23.1 Å². The van der Waals surface area contributed by atoms with Crippen molar-refractivity contribution in [2.24, 2.45) is 0 Å². The Balaban J connectivity index is 2.58. The summed E-state index contributed by atoms with van der Waals surface area (Å²) in [5.41, 5.74) is 0.831. The van der Waals surface area contributed by atoms with Gasteiger partial charge < -0.3 is 10.3 Å². The van der Waals surface area contributed by atoms with Crippen LogP contribution in [-0.2, 0) is 0 Å². The van der Waals surface area contributed by atoms with Crippen LogP contribution in [0.4, 0.5) is 0 Å². The summed E-state index contributed by atoms with van der Waals surface area (Å²) < 4.78 is 0. The van der Waals surface area contributed by atoms with Crippen LogP contribution in [0.5, 0.6) is 0 Å². The first kappa shape index (κ1) is 11.7. The third kappa shape index (κ3) is 3.33. The average molecular weight is 223 g/mol. The third-order valence-corrected chi connectivity index (χ3v) is 2.68. The quantitative estimate of drug-likeness (QED) is 0.810. The number of nitrogens with one attached hydrogen (secondary N) is 2. The summed E-state index contributed by atoms with van der Waals surface area (Å²) in [6.07, 6.45) is 1.99. The molecule has 1 aromatic heterocycles. The lowest BCUT2D eigenvalue weighted by atomic mass is 10.3. The molecule has 80 valence electrons. The maximum Gasteiger partial charge on any atom is 0.267 e. The van der Waals surface area contributed by atoms with Crippen LogP contribution < -0.4 is 5.32 Å². The van der Waals surface area contributed by atoms with Crippen molar-refractivity contribution in [3.05, 3.63) is 23.5 Å². The molecule has 15 heavy (non-hydrogen) atoms. The van der Waals surface area contributed by atoms with Crippen molar-refractivity contribution in [2.45, 2.75) is 13.0 Å². The molecule has 0 aliphatic rings. The Bertz CT molecular complexity index is 380. The predicted molar refractivity (Wildman–Crippen MR) is 60.8 cm³/mol. The van der Waals surface area contributed by atoms with Crippen molar-refractivity contribution < 1.29 is 4.79 Å². The van der Waals surface area contributed by atoms with Gasteiger partial charge in [-0.1, -0.05) is 0 Å². The molecule has 5 heteroatoms. The lowest BCUT2D eigenvalue weighted by Gasteiger charge is -2.11. The molecule has 0 aliphatic heterocycles. The van der Waals surface area contributed by atoms with E-state index in [4.69, 9.17) is 5.26 Å². The topological polar surface area (TPSA) is 68.7 Å². The van der Waals surface area contributed by atoms with Crippen LogP contribution in [0.25, 0.3) is 0 Å². The highest BCUT2D eigenvalue weighted by molar-refractivity contribution is 7.98. The SMILES string of the molecule is CSC[C@H](C)NC(=O)c1ccc(C#N)[nH]1. The van der Waals surface area contributed by atoms with Crippen molar-refractivity contribution in [3.8, 4) is 6.07 Å². The molecule has 0 fully saturated rings. The lowest BCUT2D eigenvalue weighted by Crippen LogP contribution is -2.34. The van der Waals surface area contributed by atoms with Gasteiger partial charge in [-0.05, 0) is 25.3 Å². The maximum absolute atomic E-state index is 11.6. The fourth-order valence-corrected chi connectivity index (χ4v) is 1.77. The second kappa shape index (κ2) is 5.47. The zero-order valence-corrected chi connectivity index (χ0v) is 9.52. The average Bonchev–Trinajstić information content (AvgIpc) is 2.66. The largest absolute Gasteiger partial charge is 0.347 e. The molecular formula is C10H13N3OS. The van der Waals surface area contributed by atoms with Gasteiger partial charge in [0.15, 0.2) is 0 Å². The minimum absolute atomic E-state index is 0.126. The zero-order chi connectivity index (χ0) is 11.3. The number of hydrogen-bond donors (Lipinski definition) is 2. The molecule has 0 radical (unpaired) electrons. The first-order chi connectivity index (χ1) is 7.17. The number of aromatic amines is 1. The van der Waals surface area contributed by atoms with E-state index in [1.807, 2.05) is 19.2 Å². The Kier molecular flexibility index (Phi) is 4.25. The molecule has 1 amide bonds. The number of carbonyl (C=O) groups excluding carboxylic acids is 1. The number of H-pyrrole nitrogens is 1. The summed E-state index contributed by atoms with van der Waals surface area (Å²) >= 11 is 1.68. The van der Waals surface area contributed by atoms with Crippen LogP contribution in [0.3, 0.4) is 0 Å². The van der Waals surface area contributed by atoms with E-state index in [1.165, 1.54) is 0 Å². The second-order valence-electron chi connectivity index (χ2n) is 3.23. The Morgan fingerprint density at radius 1 is 1.73 bits per heavy atom. The lowest BCUT2D eigenvalue weighted by molar-refractivity contribution is 0.0939. The highest BCUT2D eigenvalue weighted by Gasteiger charge is 2.10. The van der Waals surface area contributed by atoms with Gasteiger partial charge in [-0.2, -0.15) is 17.0 Å². The molecule has 1 rings (SSSR count). The number of hydrogen-bond acceptors (Lipinski definition) is 3. The summed E-state index contributed by atoms with van der Waals surface area (Å²) in [5.74, 6) is 0.704. The monoisotopic (exact) mass is 223 g/mol. The zero-order valence-electron chi connectivity index (χ0n) is 8.70. The number of nitriles is 1. The van der Waals surface area contributed by atoms with E-state index in [-0.39, 0.29) is 11.9 Å². The Morgan fingerprint density at radius 3 is 3.00 bits per heavy atom. The number of aromatic nitrogens is 1. The smallest absolute Gasteiger partial charge is 0.267 e. The summed E-state index contributed by atoms with van der Waals surface area (Å²) in [6.45, 7) is 1.95. The van der Waals surface area contributed by atoms with Gasteiger partial charge in [0, 0.05) is 11.8 Å². The van der Waals surface area contributed by atoms with Crippen LogP contribution in [0, 0.1) is 11.3 Å². The molecule has 0 bridgehead atoms. The van der Waals surface area contributed by atoms with Crippen LogP contribution >= 0.6 is 11.8 Å². The maximum atomic E-state index is 11.6. The van der Waals surface area contributed by atoms with E-state index in [1.54, 1.807) is 23.9 Å². The van der Waals surface area contributed by atoms with Gasteiger partial charge in [0.1, 0.15) is 17.5 Å². The molecule has 1 aromatic rings. The predicted octanol–water partition coefficient (Wildman–Crippen LogP) is 1.37. The fraction of sp³-hybridized carbons (Fsp3) is 0.400. The van der Waals surface area contributed by atoms with Gasteiger partial charge in [0.25, 0.3) is 5.91 Å². The van der Waals surface area contributed by atoms with Gasteiger partial charge in [-0.15, -0.1) is 0 Å². The number of nitrogens with zero attached hydrogens (tertiary/aromatic N) is 1. The van der Waals surface area contributed by atoms with Gasteiger partial charge >= 0.3 is 0 Å². The van der Waals surface area contributed by atoms with Gasteiger partial charge in [-0.3, -0.25) is 4.79 Å². The molecule has 0 aromatic carbocycles. The summed E-state index contributed by atoms with van der Waals surface area (Å²) in [5, 5.41) is 11.4. The second-order valence-corrected chi connectivity index (χ2v) is 4.14. The molecular weight excluding hydrogens is 210 g/mol. The molecule has 0 spiro atoms. The van der Waals surface area contributed by atoms with Crippen LogP contribution in [0.15, 0.2) is 12.1 Å². The van der Waals surface area contributed by atoms with Gasteiger partial charge in [0.05, 0.1) is 0 Å². The van der Waals surface area contributed by atoms with E-state index < -0.39 is 0 Å². The van der Waals surface area contributed by atoms with E-state index in [9.17, 15) is 4.79 Å². The molecule has 0 saturated heterocycles. The Hall–Kier alpha value is -1.41. The molecule has 4 nitrogen and oxygen atoms in total. The van der Waals surface area contributed by atoms with Gasteiger partial charge in [0.2, 0.25) is 0 Å². The van der Waals surface area contributed by atoms with E-state index in [0.717, 1.165) is 5.75 Å². The van der Waals surface area contributed by atoms with Crippen molar-refractivity contribution >= 4 is 17.7 Å². The van der Waals surface area contributed by atoms with Crippen LogP contribution in [0.2, 0.25) is 0 Å². The first-order valence-electron chi connectivity index (χ1n) is 4.56. The molecule has 1 atom stereocenters. The number of carbonyl (C=O) groups is 1. The fourth-order valence-electron chi connectivity index (χ4n) is 1.19. The summed E-state index contributed by atoms with van der Waals surface area (Å²) in [7, 11) is 0. The standard InChI is InChI=1S/C10H13N3OS/c1-7(6-15-2)12-10(14)9-4-3-8(5-11)13-9/h3-4,7,13H,6H2,1-2H3,(H,12,14)/t7-/m0/s1. The number of amides is 1. The minimum atomic E-state index is -0.168. The van der Waals surface area contributed by atoms with Crippen molar-refractivity contribution in [1.82, 2.24) is 10.3 Å². The normalized spacial score (nSPS) is 11.8. The van der Waals surface area contributed by atoms with E-state index >= 15 is 0 Å².